The Morgan fingerprint density at radius 2 is 1.89 bits per heavy atom. The molecule has 0 saturated carbocycles. The molecule has 3 N–H and O–H groups in total. The van der Waals surface area contributed by atoms with Crippen molar-refractivity contribution < 1.29 is 9.59 Å². The summed E-state index contributed by atoms with van der Waals surface area (Å²) in [6.45, 7) is 0. The highest BCUT2D eigenvalue weighted by molar-refractivity contribution is 5.98. The van der Waals surface area contributed by atoms with Gasteiger partial charge in [0.2, 0.25) is 11.8 Å². The van der Waals surface area contributed by atoms with Crippen molar-refractivity contribution in [1.29, 1.82) is 0 Å². The number of aromatic nitrogens is 1. The molecule has 2 aromatic carbocycles. The highest BCUT2D eigenvalue weighted by Crippen LogP contribution is 2.36. The molecule has 0 bridgehead atoms. The summed E-state index contributed by atoms with van der Waals surface area (Å²) in [4.78, 5) is 28.2. The summed E-state index contributed by atoms with van der Waals surface area (Å²) in [6.07, 6.45) is 3.85. The van der Waals surface area contributed by atoms with Crippen molar-refractivity contribution in [2.24, 2.45) is 0 Å². The number of H-pyrrole nitrogens is 1. The fraction of sp³-hybridized carbons (Fsp3) is 0.304. The van der Waals surface area contributed by atoms with Crippen LogP contribution < -0.4 is 10.6 Å². The SMILES string of the molecule is CNC(=O)CCc1ccccc1NC(=O)C1CCCc2c1[nH]c1ccccc21. The third-order valence-electron chi connectivity index (χ3n) is 5.61. The lowest BCUT2D eigenvalue weighted by Crippen LogP contribution is -2.25. The Kier molecular flexibility index (Phi) is 5.15. The lowest BCUT2D eigenvalue weighted by atomic mass is 9.86. The molecule has 1 unspecified atom stereocenters. The van der Waals surface area contributed by atoms with Crippen LogP contribution in [0.5, 0.6) is 0 Å². The van der Waals surface area contributed by atoms with Crippen molar-refractivity contribution in [3.05, 3.63) is 65.4 Å². The summed E-state index contributed by atoms with van der Waals surface area (Å²) in [6, 6.07) is 16.0. The molecule has 5 nitrogen and oxygen atoms in total. The average molecular weight is 375 g/mol. The summed E-state index contributed by atoms with van der Waals surface area (Å²) in [5, 5.41) is 6.98. The number of amides is 2. The summed E-state index contributed by atoms with van der Waals surface area (Å²) in [5.41, 5.74) is 5.19. The molecule has 1 aliphatic rings. The fourth-order valence-corrected chi connectivity index (χ4v) is 4.13. The van der Waals surface area contributed by atoms with E-state index in [4.69, 9.17) is 0 Å². The molecule has 0 spiro atoms. The first-order valence-corrected chi connectivity index (χ1v) is 9.86. The van der Waals surface area contributed by atoms with E-state index in [0.717, 1.165) is 41.7 Å². The number of fused-ring (bicyclic) bond motifs is 3. The number of carbonyl (C=O) groups excluding carboxylic acids is 2. The Hall–Kier alpha value is -3.08. The zero-order valence-corrected chi connectivity index (χ0v) is 16.0. The predicted octanol–water partition coefficient (Wildman–Crippen LogP) is 3.91. The van der Waals surface area contributed by atoms with Crippen LogP contribution in [0.25, 0.3) is 10.9 Å². The molecule has 2 amide bonds. The number of aryl methyl sites for hydroxylation is 2. The highest BCUT2D eigenvalue weighted by Gasteiger charge is 2.29. The van der Waals surface area contributed by atoms with E-state index in [1.165, 1.54) is 10.9 Å². The van der Waals surface area contributed by atoms with Crippen LogP contribution >= 0.6 is 0 Å². The third kappa shape index (κ3) is 3.52. The van der Waals surface area contributed by atoms with Gasteiger partial charge in [-0.25, -0.2) is 0 Å². The molecule has 1 aromatic heterocycles. The summed E-state index contributed by atoms with van der Waals surface area (Å²) in [5.74, 6) is -0.167. The van der Waals surface area contributed by atoms with E-state index < -0.39 is 0 Å². The standard InChI is InChI=1S/C23H25N3O2/c1-24-21(27)14-13-15-7-2-4-11-19(15)26-23(28)18-10-6-9-17-16-8-3-5-12-20(16)25-22(17)18/h2-5,7-8,11-12,18,25H,6,9-10,13-14H2,1H3,(H,24,27)(H,26,28). The van der Waals surface area contributed by atoms with Crippen molar-refractivity contribution in [1.82, 2.24) is 10.3 Å². The minimum absolute atomic E-state index is 0.00359. The first-order chi connectivity index (χ1) is 13.7. The Labute approximate surface area is 164 Å². The summed E-state index contributed by atoms with van der Waals surface area (Å²) >= 11 is 0. The van der Waals surface area contributed by atoms with Crippen LogP contribution in [0.3, 0.4) is 0 Å². The molecular weight excluding hydrogens is 350 g/mol. The van der Waals surface area contributed by atoms with Gasteiger partial charge >= 0.3 is 0 Å². The molecule has 1 heterocycles. The van der Waals surface area contributed by atoms with E-state index in [-0.39, 0.29) is 17.7 Å². The lowest BCUT2D eigenvalue weighted by Gasteiger charge is -2.22. The lowest BCUT2D eigenvalue weighted by molar-refractivity contribution is -0.120. The topological polar surface area (TPSA) is 74.0 Å². The monoisotopic (exact) mass is 375 g/mol. The molecule has 4 rings (SSSR count). The van der Waals surface area contributed by atoms with Crippen molar-refractivity contribution in [2.45, 2.75) is 38.0 Å². The van der Waals surface area contributed by atoms with Gasteiger partial charge in [-0.1, -0.05) is 36.4 Å². The quantitative estimate of drug-likeness (QED) is 0.633. The van der Waals surface area contributed by atoms with Gasteiger partial charge in [-0.3, -0.25) is 9.59 Å². The largest absolute Gasteiger partial charge is 0.359 e. The molecular formula is C23H25N3O2. The van der Waals surface area contributed by atoms with Gasteiger partial charge in [0.15, 0.2) is 0 Å². The van der Waals surface area contributed by atoms with E-state index in [0.29, 0.717) is 12.8 Å². The number of aromatic amines is 1. The normalized spacial score (nSPS) is 15.8. The zero-order valence-electron chi connectivity index (χ0n) is 16.0. The fourth-order valence-electron chi connectivity index (χ4n) is 4.13. The number of nitrogens with one attached hydrogen (secondary N) is 3. The molecule has 1 atom stereocenters. The van der Waals surface area contributed by atoms with Crippen LogP contribution in [0.15, 0.2) is 48.5 Å². The molecule has 5 heteroatoms. The Morgan fingerprint density at radius 3 is 2.75 bits per heavy atom. The molecule has 3 aromatic rings. The van der Waals surface area contributed by atoms with Crippen LogP contribution in [0, 0.1) is 0 Å². The van der Waals surface area contributed by atoms with E-state index in [1.54, 1.807) is 7.05 Å². The van der Waals surface area contributed by atoms with Crippen LogP contribution in [-0.2, 0) is 22.4 Å². The number of anilines is 1. The maximum atomic E-state index is 13.1. The van der Waals surface area contributed by atoms with Crippen LogP contribution in [0.4, 0.5) is 5.69 Å². The van der Waals surface area contributed by atoms with Crippen molar-refractivity contribution in [3.63, 3.8) is 0 Å². The summed E-state index contributed by atoms with van der Waals surface area (Å²) < 4.78 is 0. The zero-order chi connectivity index (χ0) is 19.5. The number of rotatable bonds is 5. The first kappa shape index (κ1) is 18.3. The highest BCUT2D eigenvalue weighted by atomic mass is 16.2. The molecule has 28 heavy (non-hydrogen) atoms. The van der Waals surface area contributed by atoms with Gasteiger partial charge in [0.25, 0.3) is 0 Å². The third-order valence-corrected chi connectivity index (χ3v) is 5.61. The molecule has 1 aliphatic carbocycles. The molecule has 0 radical (unpaired) electrons. The number of para-hydroxylation sites is 2. The molecule has 0 saturated heterocycles. The molecule has 0 fully saturated rings. The van der Waals surface area contributed by atoms with Gasteiger partial charge in [0.1, 0.15) is 0 Å². The molecule has 0 aliphatic heterocycles. The van der Waals surface area contributed by atoms with E-state index >= 15 is 0 Å². The smallest absolute Gasteiger partial charge is 0.233 e. The number of hydrogen-bond donors (Lipinski definition) is 3. The second kappa shape index (κ2) is 7.89. The van der Waals surface area contributed by atoms with Gasteiger partial charge in [0, 0.05) is 35.8 Å². The van der Waals surface area contributed by atoms with Gasteiger partial charge in [-0.15, -0.1) is 0 Å². The Balaban J connectivity index is 1.57. The van der Waals surface area contributed by atoms with Crippen molar-refractivity contribution >= 4 is 28.4 Å². The van der Waals surface area contributed by atoms with Gasteiger partial charge in [-0.2, -0.15) is 0 Å². The van der Waals surface area contributed by atoms with E-state index in [9.17, 15) is 9.59 Å². The Bertz CT molecular complexity index is 1020. The van der Waals surface area contributed by atoms with E-state index in [1.807, 2.05) is 36.4 Å². The predicted molar refractivity (Wildman–Crippen MR) is 111 cm³/mol. The van der Waals surface area contributed by atoms with Crippen LogP contribution in [0.2, 0.25) is 0 Å². The maximum Gasteiger partial charge on any atom is 0.233 e. The number of benzene rings is 2. The van der Waals surface area contributed by atoms with Crippen LogP contribution in [-0.4, -0.2) is 23.8 Å². The van der Waals surface area contributed by atoms with Crippen molar-refractivity contribution in [3.8, 4) is 0 Å². The van der Waals surface area contributed by atoms with Crippen LogP contribution in [0.1, 0.15) is 42.0 Å². The van der Waals surface area contributed by atoms with Crippen molar-refractivity contribution in [2.75, 3.05) is 12.4 Å². The second-order valence-corrected chi connectivity index (χ2v) is 7.33. The molecule has 144 valence electrons. The van der Waals surface area contributed by atoms with Gasteiger partial charge in [0.05, 0.1) is 5.92 Å². The second-order valence-electron chi connectivity index (χ2n) is 7.33. The van der Waals surface area contributed by atoms with E-state index in [2.05, 4.69) is 27.8 Å². The van der Waals surface area contributed by atoms with Gasteiger partial charge < -0.3 is 15.6 Å². The minimum Gasteiger partial charge on any atom is -0.359 e. The first-order valence-electron chi connectivity index (χ1n) is 9.86. The minimum atomic E-state index is -0.178. The maximum absolute atomic E-state index is 13.1. The number of hydrogen-bond acceptors (Lipinski definition) is 2. The van der Waals surface area contributed by atoms with Gasteiger partial charge in [-0.05, 0) is 48.9 Å². The Morgan fingerprint density at radius 1 is 1.11 bits per heavy atom. The number of carbonyl (C=O) groups is 2. The summed E-state index contributed by atoms with van der Waals surface area (Å²) in [7, 11) is 1.64. The average Bonchev–Trinajstić information content (AvgIpc) is 3.11.